The predicted molar refractivity (Wildman–Crippen MR) is 78.6 cm³/mol. The molecule has 106 valence electrons. The first-order valence-corrected chi connectivity index (χ1v) is 7.46. The monoisotopic (exact) mass is 292 g/mol. The molecule has 0 aliphatic carbocycles. The molecule has 6 nitrogen and oxygen atoms in total. The molecule has 0 radical (unpaired) electrons. The normalized spacial score (nSPS) is 11.3. The summed E-state index contributed by atoms with van der Waals surface area (Å²) >= 11 is 0. The third kappa shape index (κ3) is 3.25. The molecule has 0 fully saturated rings. The summed E-state index contributed by atoms with van der Waals surface area (Å²) in [6, 6.07) is 10.6. The summed E-state index contributed by atoms with van der Waals surface area (Å²) in [6.45, 7) is 0.578. The smallest absolute Gasteiger partial charge is 0.239 e. The van der Waals surface area contributed by atoms with Crippen molar-refractivity contribution in [3.05, 3.63) is 48.2 Å². The Morgan fingerprint density at radius 2 is 1.90 bits per heavy atom. The molecule has 20 heavy (non-hydrogen) atoms. The van der Waals surface area contributed by atoms with Gasteiger partial charge in [-0.1, -0.05) is 18.2 Å². The van der Waals surface area contributed by atoms with Crippen LogP contribution in [0.5, 0.6) is 0 Å². The molecular weight excluding hydrogens is 276 g/mol. The number of nitrogens with two attached hydrogens (primary N) is 2. The maximum Gasteiger partial charge on any atom is 0.239 e. The Kier molecular flexibility index (Phi) is 3.91. The Bertz CT molecular complexity index is 699. The lowest BCUT2D eigenvalue weighted by Crippen LogP contribution is -2.19. The van der Waals surface area contributed by atoms with E-state index in [1.165, 1.54) is 12.3 Å². The van der Waals surface area contributed by atoms with Crippen LogP contribution >= 0.6 is 0 Å². The molecule has 0 atom stereocenters. The van der Waals surface area contributed by atoms with Gasteiger partial charge in [0.2, 0.25) is 10.0 Å². The van der Waals surface area contributed by atoms with E-state index in [9.17, 15) is 8.42 Å². The number of anilines is 2. The molecule has 0 bridgehead atoms. The standard InChI is InChI=1S/C13H16N4O2S/c1-17(9-10-4-2-3-5-12(10)14)13-7-6-11(8-16-13)20(15,18)19/h2-8H,9,14H2,1H3,(H2,15,18,19). The number of aromatic nitrogens is 1. The lowest BCUT2D eigenvalue weighted by molar-refractivity contribution is 0.597. The minimum absolute atomic E-state index is 0.00567. The van der Waals surface area contributed by atoms with Crippen molar-refractivity contribution in [3.63, 3.8) is 0 Å². The molecule has 4 N–H and O–H groups in total. The summed E-state index contributed by atoms with van der Waals surface area (Å²) in [5, 5.41) is 5.03. The Balaban J connectivity index is 2.18. The zero-order chi connectivity index (χ0) is 14.8. The molecule has 0 spiro atoms. The Hall–Kier alpha value is -2.12. The summed E-state index contributed by atoms with van der Waals surface area (Å²) in [5.74, 6) is 0.639. The summed E-state index contributed by atoms with van der Waals surface area (Å²) in [4.78, 5) is 5.96. The van der Waals surface area contributed by atoms with Crippen LogP contribution in [0.2, 0.25) is 0 Å². The first kappa shape index (κ1) is 14.3. The number of nitrogens with zero attached hydrogens (tertiary/aromatic N) is 2. The predicted octanol–water partition coefficient (Wildman–Crippen LogP) is 0.948. The van der Waals surface area contributed by atoms with Gasteiger partial charge in [-0.15, -0.1) is 0 Å². The van der Waals surface area contributed by atoms with Gasteiger partial charge in [0.05, 0.1) is 0 Å². The van der Waals surface area contributed by atoms with Crippen LogP contribution in [-0.2, 0) is 16.6 Å². The fraction of sp³-hybridized carbons (Fsp3) is 0.154. The summed E-state index contributed by atoms with van der Waals surface area (Å²) in [7, 11) is -1.86. The van der Waals surface area contributed by atoms with Gasteiger partial charge in [0, 0.05) is 25.5 Å². The molecule has 0 aliphatic rings. The molecule has 1 heterocycles. The first-order chi connectivity index (χ1) is 9.38. The quantitative estimate of drug-likeness (QED) is 0.817. The maximum absolute atomic E-state index is 11.2. The molecule has 2 rings (SSSR count). The van der Waals surface area contributed by atoms with Crippen LogP contribution in [0.4, 0.5) is 11.5 Å². The average Bonchev–Trinajstić information content (AvgIpc) is 2.40. The lowest BCUT2D eigenvalue weighted by atomic mass is 10.2. The second kappa shape index (κ2) is 5.48. The highest BCUT2D eigenvalue weighted by molar-refractivity contribution is 7.89. The van der Waals surface area contributed by atoms with E-state index in [1.54, 1.807) is 6.07 Å². The number of hydrogen-bond donors (Lipinski definition) is 2. The molecule has 2 aromatic rings. The first-order valence-electron chi connectivity index (χ1n) is 5.91. The molecule has 0 saturated heterocycles. The maximum atomic E-state index is 11.2. The van der Waals surface area contributed by atoms with Gasteiger partial charge in [0.15, 0.2) is 0 Å². The van der Waals surface area contributed by atoms with Crippen LogP contribution in [0.15, 0.2) is 47.5 Å². The van der Waals surface area contributed by atoms with Crippen LogP contribution < -0.4 is 15.8 Å². The van der Waals surface area contributed by atoms with Crippen LogP contribution in [0, 0.1) is 0 Å². The molecule has 0 amide bonds. The van der Waals surface area contributed by atoms with E-state index in [-0.39, 0.29) is 4.90 Å². The molecule has 1 aromatic carbocycles. The Morgan fingerprint density at radius 1 is 1.20 bits per heavy atom. The number of hydrogen-bond acceptors (Lipinski definition) is 5. The van der Waals surface area contributed by atoms with E-state index >= 15 is 0 Å². The van der Waals surface area contributed by atoms with Gasteiger partial charge in [-0.25, -0.2) is 18.5 Å². The third-order valence-corrected chi connectivity index (χ3v) is 3.80. The topological polar surface area (TPSA) is 102 Å². The zero-order valence-electron chi connectivity index (χ0n) is 11.0. The van der Waals surface area contributed by atoms with E-state index in [1.807, 2.05) is 36.2 Å². The van der Waals surface area contributed by atoms with Gasteiger partial charge in [-0.2, -0.15) is 0 Å². The number of para-hydroxylation sites is 1. The fourth-order valence-corrected chi connectivity index (χ4v) is 2.24. The summed E-state index contributed by atoms with van der Waals surface area (Å²) in [5.41, 5.74) is 7.57. The molecule has 0 unspecified atom stereocenters. The van der Waals surface area contributed by atoms with E-state index in [2.05, 4.69) is 4.98 Å². The molecule has 1 aromatic heterocycles. The number of sulfonamides is 1. The van der Waals surface area contributed by atoms with E-state index in [0.717, 1.165) is 5.56 Å². The van der Waals surface area contributed by atoms with E-state index < -0.39 is 10.0 Å². The van der Waals surface area contributed by atoms with Crippen molar-refractivity contribution < 1.29 is 8.42 Å². The van der Waals surface area contributed by atoms with Gasteiger partial charge in [0.25, 0.3) is 0 Å². The summed E-state index contributed by atoms with van der Waals surface area (Å²) in [6.07, 6.45) is 1.25. The largest absolute Gasteiger partial charge is 0.398 e. The number of benzene rings is 1. The zero-order valence-corrected chi connectivity index (χ0v) is 11.8. The highest BCUT2D eigenvalue weighted by atomic mass is 32.2. The third-order valence-electron chi connectivity index (χ3n) is 2.90. The van der Waals surface area contributed by atoms with Crippen LogP contribution in [0.3, 0.4) is 0 Å². The van der Waals surface area contributed by atoms with Gasteiger partial charge < -0.3 is 10.6 Å². The second-order valence-electron chi connectivity index (χ2n) is 4.45. The number of nitrogen functional groups attached to an aromatic ring is 1. The second-order valence-corrected chi connectivity index (χ2v) is 6.01. The molecular formula is C13H16N4O2S. The Labute approximate surface area is 118 Å². The average molecular weight is 292 g/mol. The highest BCUT2D eigenvalue weighted by Crippen LogP contribution is 2.17. The Morgan fingerprint density at radius 3 is 2.45 bits per heavy atom. The van der Waals surface area contributed by atoms with E-state index in [4.69, 9.17) is 10.9 Å². The number of pyridine rings is 1. The van der Waals surface area contributed by atoms with Gasteiger partial charge in [-0.3, -0.25) is 0 Å². The van der Waals surface area contributed by atoms with Crippen molar-refractivity contribution in [2.24, 2.45) is 5.14 Å². The number of primary sulfonamides is 1. The van der Waals surface area contributed by atoms with Gasteiger partial charge in [-0.05, 0) is 23.8 Å². The minimum atomic E-state index is -3.71. The van der Waals surface area contributed by atoms with Crippen molar-refractivity contribution in [2.45, 2.75) is 11.4 Å². The lowest BCUT2D eigenvalue weighted by Gasteiger charge is -2.19. The fourth-order valence-electron chi connectivity index (χ4n) is 1.78. The van der Waals surface area contributed by atoms with Crippen molar-refractivity contribution in [2.75, 3.05) is 17.7 Å². The van der Waals surface area contributed by atoms with Crippen LogP contribution in [0.1, 0.15) is 5.56 Å². The van der Waals surface area contributed by atoms with Gasteiger partial charge >= 0.3 is 0 Å². The molecule has 0 aliphatic heterocycles. The van der Waals surface area contributed by atoms with E-state index in [0.29, 0.717) is 18.1 Å². The SMILES string of the molecule is CN(Cc1ccccc1N)c1ccc(S(N)(=O)=O)cn1. The van der Waals surface area contributed by atoms with Crippen molar-refractivity contribution in [1.82, 2.24) is 4.98 Å². The molecule has 0 saturated carbocycles. The summed E-state index contributed by atoms with van der Waals surface area (Å²) < 4.78 is 22.3. The number of rotatable bonds is 4. The van der Waals surface area contributed by atoms with Crippen LogP contribution in [0.25, 0.3) is 0 Å². The van der Waals surface area contributed by atoms with Crippen molar-refractivity contribution >= 4 is 21.5 Å². The molecule has 7 heteroatoms. The van der Waals surface area contributed by atoms with Crippen LogP contribution in [-0.4, -0.2) is 20.4 Å². The van der Waals surface area contributed by atoms with Crippen molar-refractivity contribution in [1.29, 1.82) is 0 Å². The minimum Gasteiger partial charge on any atom is -0.398 e. The van der Waals surface area contributed by atoms with Crippen molar-refractivity contribution in [3.8, 4) is 0 Å². The van der Waals surface area contributed by atoms with Gasteiger partial charge in [0.1, 0.15) is 10.7 Å². The highest BCUT2D eigenvalue weighted by Gasteiger charge is 2.10.